The monoisotopic (exact) mass is 274 g/mol. The first-order valence-electron chi connectivity index (χ1n) is 7.48. The van der Waals surface area contributed by atoms with Gasteiger partial charge in [0.1, 0.15) is 0 Å². The molecule has 0 amide bonds. The van der Waals surface area contributed by atoms with Crippen LogP contribution in [0.3, 0.4) is 0 Å². The second kappa shape index (κ2) is 10.6. The van der Waals surface area contributed by atoms with Crippen molar-refractivity contribution in [3.05, 3.63) is 0 Å². The van der Waals surface area contributed by atoms with Crippen LogP contribution in [-0.2, 0) is 9.47 Å². The van der Waals surface area contributed by atoms with Gasteiger partial charge in [-0.1, -0.05) is 6.92 Å². The zero-order valence-corrected chi connectivity index (χ0v) is 12.4. The molecule has 1 fully saturated rings. The van der Waals surface area contributed by atoms with Crippen molar-refractivity contribution in [1.29, 1.82) is 0 Å². The van der Waals surface area contributed by atoms with Gasteiger partial charge in [-0.2, -0.15) is 0 Å². The first-order chi connectivity index (χ1) is 9.26. The average Bonchev–Trinajstić information content (AvgIpc) is 2.42. The molecule has 1 heterocycles. The Hall–Kier alpha value is -0.200. The van der Waals surface area contributed by atoms with Crippen LogP contribution >= 0.6 is 0 Å². The predicted molar refractivity (Wildman–Crippen MR) is 76.5 cm³/mol. The molecule has 0 aromatic carbocycles. The molecule has 0 aromatic heterocycles. The molecular weight excluding hydrogens is 244 g/mol. The van der Waals surface area contributed by atoms with E-state index in [2.05, 4.69) is 17.1 Å². The van der Waals surface area contributed by atoms with Crippen LogP contribution in [0.4, 0.5) is 0 Å². The first kappa shape index (κ1) is 16.9. The maximum absolute atomic E-state index is 9.98. The van der Waals surface area contributed by atoms with Crippen molar-refractivity contribution in [3.63, 3.8) is 0 Å². The average molecular weight is 274 g/mol. The Bertz CT molecular complexity index is 217. The van der Waals surface area contributed by atoms with Crippen LogP contribution in [0.5, 0.6) is 0 Å². The lowest BCUT2D eigenvalue weighted by Gasteiger charge is -2.33. The van der Waals surface area contributed by atoms with E-state index in [-0.39, 0.29) is 6.10 Å². The minimum Gasteiger partial charge on any atom is -0.390 e. The van der Waals surface area contributed by atoms with Crippen LogP contribution in [0.1, 0.15) is 26.2 Å². The van der Waals surface area contributed by atoms with Crippen LogP contribution in [0.15, 0.2) is 0 Å². The molecular formula is C14H30N2O3. The third-order valence-electron chi connectivity index (χ3n) is 3.35. The van der Waals surface area contributed by atoms with E-state index in [1.54, 1.807) is 7.11 Å². The van der Waals surface area contributed by atoms with Gasteiger partial charge in [0.15, 0.2) is 0 Å². The minimum atomic E-state index is -0.318. The highest BCUT2D eigenvalue weighted by molar-refractivity contribution is 4.76. The Morgan fingerprint density at radius 1 is 1.42 bits per heavy atom. The number of β-amino-alcohol motifs (C(OH)–C–C–N with tert-alkyl or cyclic N) is 1. The fraction of sp³-hybridized carbons (Fsp3) is 1.00. The quantitative estimate of drug-likeness (QED) is 0.567. The molecule has 5 heteroatoms. The van der Waals surface area contributed by atoms with E-state index in [9.17, 15) is 5.11 Å². The molecule has 1 aliphatic rings. The zero-order chi connectivity index (χ0) is 13.9. The number of rotatable bonds is 10. The highest BCUT2D eigenvalue weighted by Gasteiger charge is 2.21. The van der Waals surface area contributed by atoms with Crippen LogP contribution in [0.2, 0.25) is 0 Å². The number of piperidine rings is 1. The van der Waals surface area contributed by atoms with Crippen molar-refractivity contribution in [2.24, 2.45) is 0 Å². The van der Waals surface area contributed by atoms with Crippen molar-refractivity contribution in [2.75, 3.05) is 53.0 Å². The molecule has 2 N–H and O–H groups in total. The summed E-state index contributed by atoms with van der Waals surface area (Å²) in [6.07, 6.45) is 3.42. The smallest absolute Gasteiger partial charge is 0.0791 e. The maximum atomic E-state index is 9.98. The van der Waals surface area contributed by atoms with Gasteiger partial charge in [0.05, 0.1) is 18.8 Å². The third kappa shape index (κ3) is 7.84. The Labute approximate surface area is 117 Å². The maximum Gasteiger partial charge on any atom is 0.0791 e. The highest BCUT2D eigenvalue weighted by Crippen LogP contribution is 2.13. The number of hydrogen-bond donors (Lipinski definition) is 2. The van der Waals surface area contributed by atoms with E-state index >= 15 is 0 Å². The number of hydrogen-bond acceptors (Lipinski definition) is 5. The van der Waals surface area contributed by atoms with Crippen molar-refractivity contribution >= 4 is 0 Å². The van der Waals surface area contributed by atoms with Gasteiger partial charge in [0, 0.05) is 39.9 Å². The Morgan fingerprint density at radius 3 is 3.00 bits per heavy atom. The van der Waals surface area contributed by atoms with Gasteiger partial charge in [-0.05, 0) is 25.8 Å². The number of aliphatic hydroxyl groups excluding tert-OH is 1. The summed E-state index contributed by atoms with van der Waals surface area (Å²) in [5.41, 5.74) is 0. The molecule has 2 unspecified atom stereocenters. The zero-order valence-electron chi connectivity index (χ0n) is 12.4. The molecule has 0 spiro atoms. The second-order valence-electron chi connectivity index (χ2n) is 5.25. The number of methoxy groups -OCH3 is 1. The normalized spacial score (nSPS) is 22.6. The fourth-order valence-corrected chi connectivity index (χ4v) is 2.40. The van der Waals surface area contributed by atoms with Gasteiger partial charge in [-0.3, -0.25) is 4.90 Å². The number of aliphatic hydroxyl groups is 1. The van der Waals surface area contributed by atoms with Crippen LogP contribution in [0, 0.1) is 0 Å². The number of nitrogens with zero attached hydrogens (tertiary/aromatic N) is 1. The van der Waals surface area contributed by atoms with Gasteiger partial charge in [0.2, 0.25) is 0 Å². The van der Waals surface area contributed by atoms with Gasteiger partial charge >= 0.3 is 0 Å². The first-order valence-corrected chi connectivity index (χ1v) is 7.48. The summed E-state index contributed by atoms with van der Waals surface area (Å²) in [5.74, 6) is 0. The summed E-state index contributed by atoms with van der Waals surface area (Å²) >= 11 is 0. The number of likely N-dealkylation sites (tertiary alicyclic amines) is 1. The Morgan fingerprint density at radius 2 is 2.26 bits per heavy atom. The molecule has 5 nitrogen and oxygen atoms in total. The van der Waals surface area contributed by atoms with Crippen LogP contribution in [0.25, 0.3) is 0 Å². The molecule has 1 rings (SSSR count). The molecule has 0 aromatic rings. The van der Waals surface area contributed by atoms with Crippen LogP contribution < -0.4 is 5.32 Å². The summed E-state index contributed by atoms with van der Waals surface area (Å²) in [6, 6.07) is 0. The summed E-state index contributed by atoms with van der Waals surface area (Å²) in [5, 5.41) is 13.2. The van der Waals surface area contributed by atoms with Crippen molar-refractivity contribution < 1.29 is 14.6 Å². The molecule has 2 atom stereocenters. The summed E-state index contributed by atoms with van der Waals surface area (Å²) < 4.78 is 10.8. The minimum absolute atomic E-state index is 0.318. The lowest BCUT2D eigenvalue weighted by Crippen LogP contribution is -2.45. The molecule has 114 valence electrons. The third-order valence-corrected chi connectivity index (χ3v) is 3.35. The summed E-state index contributed by atoms with van der Waals surface area (Å²) in [7, 11) is 1.68. The molecule has 0 bridgehead atoms. The largest absolute Gasteiger partial charge is 0.390 e. The number of nitrogens with one attached hydrogen (secondary N) is 1. The Kier molecular flexibility index (Phi) is 9.38. The van der Waals surface area contributed by atoms with Gasteiger partial charge in [-0.15, -0.1) is 0 Å². The van der Waals surface area contributed by atoms with E-state index in [1.807, 2.05) is 0 Å². The standard InChI is InChI=1S/C14H30N2O3/c1-3-8-19-14-5-4-7-16(12-14)11-13(17)10-15-6-9-18-2/h13-15,17H,3-12H2,1-2H3. The topological polar surface area (TPSA) is 54.0 Å². The van der Waals surface area contributed by atoms with E-state index in [4.69, 9.17) is 9.47 Å². The van der Waals surface area contributed by atoms with E-state index in [0.29, 0.717) is 19.3 Å². The lowest BCUT2D eigenvalue weighted by molar-refractivity contribution is -0.0115. The SMILES string of the molecule is CCCOC1CCCN(CC(O)CNCCOC)C1. The summed E-state index contributed by atoms with van der Waals surface area (Å²) in [4.78, 5) is 2.31. The number of ether oxygens (including phenoxy) is 2. The van der Waals surface area contributed by atoms with Gasteiger partial charge < -0.3 is 19.9 Å². The molecule has 1 saturated heterocycles. The van der Waals surface area contributed by atoms with Crippen molar-refractivity contribution in [1.82, 2.24) is 10.2 Å². The lowest BCUT2D eigenvalue weighted by atomic mass is 10.1. The predicted octanol–water partition coefficient (Wildman–Crippen LogP) is 0.474. The van der Waals surface area contributed by atoms with Gasteiger partial charge in [0.25, 0.3) is 0 Å². The molecule has 0 radical (unpaired) electrons. The van der Waals surface area contributed by atoms with E-state index in [0.717, 1.165) is 52.0 Å². The van der Waals surface area contributed by atoms with E-state index in [1.165, 1.54) is 0 Å². The van der Waals surface area contributed by atoms with Gasteiger partial charge in [-0.25, -0.2) is 0 Å². The molecule has 1 aliphatic heterocycles. The van der Waals surface area contributed by atoms with Crippen molar-refractivity contribution in [2.45, 2.75) is 38.4 Å². The second-order valence-corrected chi connectivity index (χ2v) is 5.25. The highest BCUT2D eigenvalue weighted by atomic mass is 16.5. The van der Waals surface area contributed by atoms with Crippen molar-refractivity contribution in [3.8, 4) is 0 Å². The Balaban J connectivity index is 2.12. The molecule has 0 saturated carbocycles. The molecule has 0 aliphatic carbocycles. The molecule has 19 heavy (non-hydrogen) atoms. The van der Waals surface area contributed by atoms with Crippen LogP contribution in [-0.4, -0.2) is 75.3 Å². The summed E-state index contributed by atoms with van der Waals surface area (Å²) in [6.45, 7) is 7.83. The van der Waals surface area contributed by atoms with E-state index < -0.39 is 0 Å². The fourth-order valence-electron chi connectivity index (χ4n) is 2.40.